The molecule has 31 heavy (non-hydrogen) atoms. The van der Waals surface area contributed by atoms with Crippen LogP contribution in [0.1, 0.15) is 26.7 Å². The number of carbonyl (C=O) groups is 1. The summed E-state index contributed by atoms with van der Waals surface area (Å²) in [6, 6.07) is 13.9. The highest BCUT2D eigenvalue weighted by molar-refractivity contribution is 7.90. The van der Waals surface area contributed by atoms with Crippen LogP contribution < -0.4 is 14.4 Å². The van der Waals surface area contributed by atoms with Gasteiger partial charge in [0.05, 0.1) is 18.2 Å². The van der Waals surface area contributed by atoms with E-state index in [9.17, 15) is 13.2 Å². The molecule has 0 aromatic heterocycles. The summed E-state index contributed by atoms with van der Waals surface area (Å²) in [7, 11) is -3.77. The minimum Gasteiger partial charge on any atom is -0.494 e. The molecule has 0 saturated carbocycles. The molecule has 1 amide bonds. The average Bonchev–Trinajstić information content (AvgIpc) is 2.75. The highest BCUT2D eigenvalue weighted by Gasteiger charge is 2.35. The van der Waals surface area contributed by atoms with E-state index in [1.54, 1.807) is 55.5 Å². The molecule has 1 saturated heterocycles. The summed E-state index contributed by atoms with van der Waals surface area (Å²) in [5, 5.41) is 3.37. The molecule has 1 N–H and O–H groups in total. The van der Waals surface area contributed by atoms with Gasteiger partial charge in [-0.15, -0.1) is 0 Å². The molecule has 1 atom stereocenters. The third kappa shape index (κ3) is 5.70. The van der Waals surface area contributed by atoms with Crippen LogP contribution in [0.5, 0.6) is 5.75 Å². The van der Waals surface area contributed by atoms with Crippen molar-refractivity contribution in [3.63, 3.8) is 0 Å². The summed E-state index contributed by atoms with van der Waals surface area (Å²) < 4.78 is 34.9. The molecular weight excluding hydrogens is 438 g/mol. The second-order valence-electron chi connectivity index (χ2n) is 7.30. The summed E-state index contributed by atoms with van der Waals surface area (Å²) in [4.78, 5) is 12.8. The first-order chi connectivity index (χ1) is 14.8. The molecule has 2 aromatic rings. The zero-order valence-corrected chi connectivity index (χ0v) is 19.3. The summed E-state index contributed by atoms with van der Waals surface area (Å²) >= 11 is 5.98. The van der Waals surface area contributed by atoms with Crippen LogP contribution in [0.2, 0.25) is 5.02 Å². The number of hydrogen-bond donors (Lipinski definition) is 1. The number of amides is 1. The van der Waals surface area contributed by atoms with E-state index in [0.29, 0.717) is 48.1 Å². The number of anilines is 2. The van der Waals surface area contributed by atoms with E-state index in [1.807, 2.05) is 6.92 Å². The van der Waals surface area contributed by atoms with Crippen LogP contribution in [0.25, 0.3) is 0 Å². The fraction of sp³-hybridized carbons (Fsp3) is 0.409. The standard InChI is InChI=1S/C22H28ClN3O4S/c1-3-26(20-10-12-21(13-11-20)30-4-2)31(28,29)25-14-6-7-17(16-25)22(27)24-19-9-5-8-18(23)15-19/h5,8-13,15,17H,3-4,6-7,14,16H2,1-2H3,(H,24,27)/t17-/m0/s1. The second kappa shape index (κ2) is 10.3. The van der Waals surface area contributed by atoms with Gasteiger partial charge in [0, 0.05) is 30.3 Å². The fourth-order valence-corrected chi connectivity index (χ4v) is 5.58. The third-order valence-corrected chi connectivity index (χ3v) is 7.42. The van der Waals surface area contributed by atoms with Gasteiger partial charge in [0.25, 0.3) is 0 Å². The lowest BCUT2D eigenvalue weighted by molar-refractivity contribution is -0.120. The summed E-state index contributed by atoms with van der Waals surface area (Å²) in [6.45, 7) is 5.04. The molecule has 168 valence electrons. The second-order valence-corrected chi connectivity index (χ2v) is 9.59. The SMILES string of the molecule is CCOc1ccc(N(CC)S(=O)(=O)N2CCC[C@H](C(=O)Nc3cccc(Cl)c3)C2)cc1. The van der Waals surface area contributed by atoms with Crippen molar-refractivity contribution in [1.29, 1.82) is 0 Å². The van der Waals surface area contributed by atoms with E-state index in [-0.39, 0.29) is 19.0 Å². The molecule has 0 bridgehead atoms. The Balaban J connectivity index is 1.72. The van der Waals surface area contributed by atoms with Crippen LogP contribution in [-0.4, -0.2) is 44.9 Å². The first kappa shape index (κ1) is 23.4. The van der Waals surface area contributed by atoms with Gasteiger partial charge in [-0.2, -0.15) is 12.7 Å². The number of carbonyl (C=O) groups excluding carboxylic acids is 1. The summed E-state index contributed by atoms with van der Waals surface area (Å²) in [6.07, 6.45) is 1.25. The highest BCUT2D eigenvalue weighted by Crippen LogP contribution is 2.27. The Kier molecular flexibility index (Phi) is 7.80. The van der Waals surface area contributed by atoms with Crippen LogP contribution in [-0.2, 0) is 15.0 Å². The summed E-state index contributed by atoms with van der Waals surface area (Å²) in [5.74, 6) is 0.0586. The van der Waals surface area contributed by atoms with Gasteiger partial charge in [-0.3, -0.25) is 9.10 Å². The lowest BCUT2D eigenvalue weighted by atomic mass is 9.99. The van der Waals surface area contributed by atoms with Crippen molar-refractivity contribution in [3.05, 3.63) is 53.6 Å². The molecule has 0 unspecified atom stereocenters. The lowest BCUT2D eigenvalue weighted by Gasteiger charge is -2.35. The Hall–Kier alpha value is -2.29. The van der Waals surface area contributed by atoms with E-state index in [1.165, 1.54) is 8.61 Å². The van der Waals surface area contributed by atoms with Crippen LogP contribution in [0.3, 0.4) is 0 Å². The van der Waals surface area contributed by atoms with Crippen molar-refractivity contribution in [1.82, 2.24) is 4.31 Å². The predicted octanol–water partition coefficient (Wildman–Crippen LogP) is 4.16. The number of nitrogens with one attached hydrogen (secondary N) is 1. The number of benzene rings is 2. The zero-order valence-electron chi connectivity index (χ0n) is 17.8. The van der Waals surface area contributed by atoms with Gasteiger partial charge < -0.3 is 10.1 Å². The molecule has 9 heteroatoms. The summed E-state index contributed by atoms with van der Waals surface area (Å²) in [5.41, 5.74) is 1.17. The predicted molar refractivity (Wildman–Crippen MR) is 124 cm³/mol. The number of hydrogen-bond acceptors (Lipinski definition) is 4. The molecule has 0 aliphatic carbocycles. The van der Waals surface area contributed by atoms with Gasteiger partial charge in [0.15, 0.2) is 0 Å². The molecule has 1 aliphatic heterocycles. The van der Waals surface area contributed by atoms with Crippen molar-refractivity contribution >= 4 is 39.1 Å². The quantitative estimate of drug-likeness (QED) is 0.634. The Morgan fingerprint density at radius 3 is 2.61 bits per heavy atom. The number of ether oxygens (including phenoxy) is 1. The van der Waals surface area contributed by atoms with Crippen LogP contribution >= 0.6 is 11.6 Å². The number of piperidine rings is 1. The maximum atomic E-state index is 13.4. The van der Waals surface area contributed by atoms with Gasteiger partial charge in [0.2, 0.25) is 5.91 Å². The molecule has 3 rings (SSSR count). The smallest absolute Gasteiger partial charge is 0.304 e. The average molecular weight is 466 g/mol. The largest absolute Gasteiger partial charge is 0.494 e. The maximum Gasteiger partial charge on any atom is 0.304 e. The van der Waals surface area contributed by atoms with Crippen molar-refractivity contribution in [2.45, 2.75) is 26.7 Å². The zero-order chi connectivity index (χ0) is 22.4. The molecule has 7 nitrogen and oxygen atoms in total. The van der Waals surface area contributed by atoms with Gasteiger partial charge in [-0.1, -0.05) is 17.7 Å². The van der Waals surface area contributed by atoms with E-state index < -0.39 is 16.1 Å². The Labute approximate surface area is 189 Å². The molecule has 1 fully saturated rings. The van der Waals surface area contributed by atoms with E-state index >= 15 is 0 Å². The first-order valence-electron chi connectivity index (χ1n) is 10.4. The van der Waals surface area contributed by atoms with Crippen molar-refractivity contribution in [3.8, 4) is 5.75 Å². The van der Waals surface area contributed by atoms with E-state index in [4.69, 9.17) is 16.3 Å². The molecule has 2 aromatic carbocycles. The van der Waals surface area contributed by atoms with Crippen LogP contribution in [0, 0.1) is 5.92 Å². The van der Waals surface area contributed by atoms with Crippen molar-refractivity contribution in [2.24, 2.45) is 5.92 Å². The lowest BCUT2D eigenvalue weighted by Crippen LogP contribution is -2.50. The monoisotopic (exact) mass is 465 g/mol. The van der Waals surface area contributed by atoms with Crippen molar-refractivity contribution in [2.75, 3.05) is 35.9 Å². The van der Waals surface area contributed by atoms with Gasteiger partial charge in [-0.25, -0.2) is 0 Å². The molecule has 0 radical (unpaired) electrons. The Bertz CT molecular complexity index is 998. The van der Waals surface area contributed by atoms with Crippen molar-refractivity contribution < 1.29 is 17.9 Å². The van der Waals surface area contributed by atoms with Crippen LogP contribution in [0.4, 0.5) is 11.4 Å². The van der Waals surface area contributed by atoms with Gasteiger partial charge in [-0.05, 0) is 69.2 Å². The number of halogens is 1. The third-order valence-electron chi connectivity index (χ3n) is 5.17. The molecular formula is C22H28ClN3O4S. The highest BCUT2D eigenvalue weighted by atomic mass is 35.5. The Morgan fingerprint density at radius 2 is 1.97 bits per heavy atom. The van der Waals surface area contributed by atoms with Crippen LogP contribution in [0.15, 0.2) is 48.5 Å². The van der Waals surface area contributed by atoms with E-state index in [0.717, 1.165) is 0 Å². The van der Waals surface area contributed by atoms with Gasteiger partial charge >= 0.3 is 10.2 Å². The molecule has 0 spiro atoms. The number of nitrogens with zero attached hydrogens (tertiary/aromatic N) is 2. The fourth-order valence-electron chi connectivity index (χ4n) is 3.67. The van der Waals surface area contributed by atoms with E-state index in [2.05, 4.69) is 5.32 Å². The molecule has 1 heterocycles. The Morgan fingerprint density at radius 1 is 1.23 bits per heavy atom. The first-order valence-corrected chi connectivity index (χ1v) is 12.2. The normalized spacial score (nSPS) is 17.2. The topological polar surface area (TPSA) is 79.0 Å². The molecule has 1 aliphatic rings. The minimum atomic E-state index is -3.77. The number of rotatable bonds is 8. The maximum absolute atomic E-state index is 13.4. The minimum absolute atomic E-state index is 0.141. The van der Waals surface area contributed by atoms with Gasteiger partial charge in [0.1, 0.15) is 5.75 Å².